The zero-order chi connectivity index (χ0) is 19.4. The second-order valence-electron chi connectivity index (χ2n) is 5.91. The van der Waals surface area contributed by atoms with E-state index in [0.717, 1.165) is 5.56 Å². The summed E-state index contributed by atoms with van der Waals surface area (Å²) in [6.07, 6.45) is 0.118. The summed E-state index contributed by atoms with van der Waals surface area (Å²) in [5.74, 6) is -0.351. The fourth-order valence-electron chi connectivity index (χ4n) is 2.59. The van der Waals surface area contributed by atoms with Crippen molar-refractivity contribution in [1.29, 1.82) is 0 Å². The van der Waals surface area contributed by atoms with Gasteiger partial charge in [0.15, 0.2) is 5.17 Å². The maximum absolute atomic E-state index is 12.8. The van der Waals surface area contributed by atoms with Crippen LogP contribution in [0.3, 0.4) is 0 Å². The van der Waals surface area contributed by atoms with Gasteiger partial charge in [0, 0.05) is 23.5 Å². The van der Waals surface area contributed by atoms with Crippen molar-refractivity contribution in [1.82, 2.24) is 10.2 Å². The molecule has 1 heterocycles. The van der Waals surface area contributed by atoms with Gasteiger partial charge in [-0.05, 0) is 35.9 Å². The first-order chi connectivity index (χ1) is 13.0. The Kier molecular flexibility index (Phi) is 6.42. The first-order valence-electron chi connectivity index (χ1n) is 8.23. The number of hydrogen-bond donors (Lipinski definition) is 1. The molecular formula is C19H17Cl2N3O2S. The van der Waals surface area contributed by atoms with E-state index in [0.29, 0.717) is 27.4 Å². The smallest absolute Gasteiger partial charge is 0.233 e. The maximum Gasteiger partial charge on any atom is 0.233 e. The van der Waals surface area contributed by atoms with E-state index in [9.17, 15) is 9.59 Å². The van der Waals surface area contributed by atoms with Crippen molar-refractivity contribution in [3.05, 3.63) is 64.1 Å². The van der Waals surface area contributed by atoms with E-state index in [1.54, 1.807) is 48.3 Å². The van der Waals surface area contributed by atoms with Gasteiger partial charge in [-0.15, -0.1) is 0 Å². The highest BCUT2D eigenvalue weighted by Crippen LogP contribution is 2.31. The highest BCUT2D eigenvalue weighted by Gasteiger charge is 2.35. The number of amidine groups is 1. The lowest BCUT2D eigenvalue weighted by Gasteiger charge is -2.31. The summed E-state index contributed by atoms with van der Waals surface area (Å²) < 4.78 is 0. The molecule has 5 nitrogen and oxygen atoms in total. The Morgan fingerprint density at radius 2 is 1.96 bits per heavy atom. The number of aliphatic imine (C=N–C) groups is 1. The van der Waals surface area contributed by atoms with Crippen LogP contribution in [-0.2, 0) is 16.1 Å². The molecule has 1 aliphatic heterocycles. The molecule has 0 aromatic heterocycles. The van der Waals surface area contributed by atoms with Crippen molar-refractivity contribution in [3.8, 4) is 0 Å². The number of nitrogens with one attached hydrogen (secondary N) is 1. The largest absolute Gasteiger partial charge is 0.358 e. The standard InChI is InChI=1S/C19H17Cl2N3O2S/c1-22-18(26)16-10-17(25)24(11-12-5-7-13(20)8-6-12)19(27-16)23-15-4-2-3-14(21)9-15/h2-9,16H,10-11H2,1H3,(H,22,26). The Morgan fingerprint density at radius 3 is 2.63 bits per heavy atom. The van der Waals surface area contributed by atoms with Gasteiger partial charge in [-0.2, -0.15) is 0 Å². The van der Waals surface area contributed by atoms with Crippen molar-refractivity contribution in [2.45, 2.75) is 18.2 Å². The van der Waals surface area contributed by atoms with Gasteiger partial charge in [-0.1, -0.05) is 53.2 Å². The number of amides is 2. The molecule has 8 heteroatoms. The number of benzene rings is 2. The van der Waals surface area contributed by atoms with Gasteiger partial charge in [-0.3, -0.25) is 14.5 Å². The van der Waals surface area contributed by atoms with Gasteiger partial charge < -0.3 is 5.32 Å². The van der Waals surface area contributed by atoms with E-state index in [-0.39, 0.29) is 18.2 Å². The fraction of sp³-hybridized carbons (Fsp3) is 0.211. The van der Waals surface area contributed by atoms with E-state index >= 15 is 0 Å². The fourth-order valence-corrected chi connectivity index (χ4v) is 4.05. The molecule has 2 amide bonds. The predicted octanol–water partition coefficient (Wildman–Crippen LogP) is 4.26. The van der Waals surface area contributed by atoms with Crippen molar-refractivity contribution < 1.29 is 9.59 Å². The van der Waals surface area contributed by atoms with Crippen LogP contribution in [-0.4, -0.2) is 34.2 Å². The molecule has 0 bridgehead atoms. The van der Waals surface area contributed by atoms with Crippen LogP contribution in [0.25, 0.3) is 0 Å². The maximum atomic E-state index is 12.8. The lowest BCUT2D eigenvalue weighted by atomic mass is 10.2. The molecule has 2 aromatic carbocycles. The third-order valence-corrected chi connectivity index (χ3v) is 5.64. The monoisotopic (exact) mass is 421 g/mol. The summed E-state index contributed by atoms with van der Waals surface area (Å²) in [5.41, 5.74) is 1.54. The van der Waals surface area contributed by atoms with E-state index in [2.05, 4.69) is 10.3 Å². The summed E-state index contributed by atoms with van der Waals surface area (Å²) in [6, 6.07) is 14.3. The van der Waals surface area contributed by atoms with Crippen LogP contribution in [0.2, 0.25) is 10.0 Å². The zero-order valence-corrected chi connectivity index (χ0v) is 16.8. The Bertz CT molecular complexity index is 887. The Hall–Kier alpha value is -2.02. The summed E-state index contributed by atoms with van der Waals surface area (Å²) in [6.45, 7) is 0.350. The molecule has 1 atom stereocenters. The van der Waals surface area contributed by atoms with E-state index in [4.69, 9.17) is 23.2 Å². The van der Waals surface area contributed by atoms with Gasteiger partial charge in [-0.25, -0.2) is 4.99 Å². The highest BCUT2D eigenvalue weighted by atomic mass is 35.5. The van der Waals surface area contributed by atoms with Crippen LogP contribution in [0.15, 0.2) is 53.5 Å². The zero-order valence-electron chi connectivity index (χ0n) is 14.5. The SMILES string of the molecule is CNC(=O)C1CC(=O)N(Cc2ccc(Cl)cc2)C(=Nc2cccc(Cl)c2)S1. The number of carbonyl (C=O) groups is 2. The van der Waals surface area contributed by atoms with Crippen LogP contribution in [0.1, 0.15) is 12.0 Å². The van der Waals surface area contributed by atoms with Gasteiger partial charge in [0.1, 0.15) is 0 Å². The molecule has 0 aliphatic carbocycles. The topological polar surface area (TPSA) is 61.8 Å². The van der Waals surface area contributed by atoms with Crippen LogP contribution in [0, 0.1) is 0 Å². The van der Waals surface area contributed by atoms with Crippen molar-refractivity contribution in [3.63, 3.8) is 0 Å². The molecule has 27 heavy (non-hydrogen) atoms. The molecule has 0 spiro atoms. The third-order valence-electron chi connectivity index (χ3n) is 3.97. The minimum Gasteiger partial charge on any atom is -0.358 e. The van der Waals surface area contributed by atoms with E-state index in [1.807, 2.05) is 12.1 Å². The number of hydrogen-bond acceptors (Lipinski definition) is 4. The first kappa shape index (κ1) is 19.7. The summed E-state index contributed by atoms with van der Waals surface area (Å²) in [5, 5.41) is 3.74. The van der Waals surface area contributed by atoms with E-state index < -0.39 is 5.25 Å². The number of carbonyl (C=O) groups excluding carboxylic acids is 2. The Balaban J connectivity index is 1.93. The van der Waals surface area contributed by atoms with Crippen molar-refractivity contribution >= 4 is 57.6 Å². The molecule has 2 aromatic rings. The molecule has 1 aliphatic rings. The number of halogens is 2. The minimum atomic E-state index is -0.512. The minimum absolute atomic E-state index is 0.118. The second-order valence-corrected chi connectivity index (χ2v) is 7.95. The Labute approximate surface area is 171 Å². The average molecular weight is 422 g/mol. The normalized spacial score (nSPS) is 18.6. The second kappa shape index (κ2) is 8.78. The number of nitrogens with zero attached hydrogens (tertiary/aromatic N) is 2. The molecule has 140 valence electrons. The molecule has 0 saturated carbocycles. The molecule has 1 unspecified atom stereocenters. The highest BCUT2D eigenvalue weighted by molar-refractivity contribution is 8.15. The quantitative estimate of drug-likeness (QED) is 0.801. The number of rotatable bonds is 4. The average Bonchev–Trinajstić information content (AvgIpc) is 2.65. The van der Waals surface area contributed by atoms with Crippen LogP contribution in [0.5, 0.6) is 0 Å². The molecule has 3 rings (SSSR count). The molecule has 1 fully saturated rings. The molecular weight excluding hydrogens is 405 g/mol. The van der Waals surface area contributed by atoms with Gasteiger partial charge in [0.25, 0.3) is 0 Å². The first-order valence-corrected chi connectivity index (χ1v) is 9.87. The van der Waals surface area contributed by atoms with Gasteiger partial charge in [0.05, 0.1) is 17.5 Å². The summed E-state index contributed by atoms with van der Waals surface area (Å²) >= 11 is 13.3. The van der Waals surface area contributed by atoms with Crippen LogP contribution in [0.4, 0.5) is 5.69 Å². The van der Waals surface area contributed by atoms with Crippen molar-refractivity contribution in [2.24, 2.45) is 4.99 Å². The summed E-state index contributed by atoms with van der Waals surface area (Å²) in [7, 11) is 1.56. The van der Waals surface area contributed by atoms with Crippen LogP contribution < -0.4 is 5.32 Å². The van der Waals surface area contributed by atoms with Crippen molar-refractivity contribution in [2.75, 3.05) is 7.05 Å². The summed E-state index contributed by atoms with van der Waals surface area (Å²) in [4.78, 5) is 31.0. The van der Waals surface area contributed by atoms with E-state index in [1.165, 1.54) is 11.8 Å². The molecule has 0 radical (unpaired) electrons. The number of thioether (sulfide) groups is 1. The lowest BCUT2D eigenvalue weighted by Crippen LogP contribution is -2.45. The molecule has 1 saturated heterocycles. The van der Waals surface area contributed by atoms with Gasteiger partial charge in [0.2, 0.25) is 11.8 Å². The van der Waals surface area contributed by atoms with Crippen LogP contribution >= 0.6 is 35.0 Å². The Morgan fingerprint density at radius 1 is 1.22 bits per heavy atom. The van der Waals surface area contributed by atoms with Gasteiger partial charge >= 0.3 is 0 Å². The third kappa shape index (κ3) is 5.03. The molecule has 1 N–H and O–H groups in total. The lowest BCUT2D eigenvalue weighted by molar-refractivity contribution is -0.130. The predicted molar refractivity (Wildman–Crippen MR) is 111 cm³/mol.